The number of hydrogen-bond donors (Lipinski definition) is 0. The molecule has 6 nitrogen and oxygen atoms in total. The molecule has 1 amide bonds. The zero-order valence-electron chi connectivity index (χ0n) is 15.8. The molecule has 1 aromatic heterocycles. The molecule has 29 heavy (non-hydrogen) atoms. The number of piperazine rings is 1. The lowest BCUT2D eigenvalue weighted by atomic mass is 10.1. The van der Waals surface area contributed by atoms with Gasteiger partial charge in [0.15, 0.2) is 0 Å². The quantitative estimate of drug-likeness (QED) is 0.741. The zero-order valence-corrected chi connectivity index (χ0v) is 16.5. The summed E-state index contributed by atoms with van der Waals surface area (Å²) >= 11 is 6.02. The number of anilines is 1. The molecule has 1 fully saturated rings. The van der Waals surface area contributed by atoms with Crippen molar-refractivity contribution in [2.75, 3.05) is 45.3 Å². The Hall–Kier alpha value is -2.68. The van der Waals surface area contributed by atoms with Gasteiger partial charge in [0, 0.05) is 38.4 Å². The van der Waals surface area contributed by atoms with E-state index in [1.807, 2.05) is 0 Å². The largest absolute Gasteiger partial charge is 0.497 e. The number of alkyl halides is 3. The minimum atomic E-state index is -4.50. The number of pyridine rings is 1. The van der Waals surface area contributed by atoms with Crippen molar-refractivity contribution in [3.8, 4) is 11.5 Å². The molecule has 0 atom stereocenters. The smallest absolute Gasteiger partial charge is 0.417 e. The van der Waals surface area contributed by atoms with Crippen LogP contribution in [0.5, 0.6) is 11.5 Å². The van der Waals surface area contributed by atoms with Crippen molar-refractivity contribution < 1.29 is 27.4 Å². The first kappa shape index (κ1) is 21.0. The molecule has 0 saturated carbocycles. The molecule has 1 aliphatic heterocycles. The fourth-order valence-corrected chi connectivity index (χ4v) is 3.37. The Balaban J connectivity index is 1.70. The molecular weight excluding hydrogens is 411 g/mol. The predicted octanol–water partition coefficient (Wildman–Crippen LogP) is 3.73. The minimum absolute atomic E-state index is 0.0728. The van der Waals surface area contributed by atoms with Gasteiger partial charge in [-0.3, -0.25) is 4.79 Å². The summed E-state index contributed by atoms with van der Waals surface area (Å²) in [5, 5.41) is -0.0728. The summed E-state index contributed by atoms with van der Waals surface area (Å²) in [6.07, 6.45) is -3.74. The molecule has 1 aliphatic rings. The van der Waals surface area contributed by atoms with Crippen LogP contribution < -0.4 is 14.4 Å². The Morgan fingerprint density at radius 1 is 1.10 bits per heavy atom. The first-order valence-corrected chi connectivity index (χ1v) is 9.11. The molecular formula is C19H19ClF3N3O3. The Bertz CT molecular complexity index is 900. The maximum absolute atomic E-state index is 12.9. The molecule has 2 aromatic rings. The Morgan fingerprint density at radius 3 is 2.34 bits per heavy atom. The van der Waals surface area contributed by atoms with E-state index in [4.69, 9.17) is 21.1 Å². The van der Waals surface area contributed by atoms with Gasteiger partial charge in [0.05, 0.1) is 30.4 Å². The van der Waals surface area contributed by atoms with E-state index in [-0.39, 0.29) is 16.7 Å². The highest BCUT2D eigenvalue weighted by molar-refractivity contribution is 6.33. The van der Waals surface area contributed by atoms with E-state index in [9.17, 15) is 18.0 Å². The van der Waals surface area contributed by atoms with E-state index < -0.39 is 11.7 Å². The summed E-state index contributed by atoms with van der Waals surface area (Å²) in [5.41, 5.74) is -0.487. The number of carbonyl (C=O) groups excluding carboxylic acids is 1. The van der Waals surface area contributed by atoms with Gasteiger partial charge in [0.1, 0.15) is 17.3 Å². The van der Waals surface area contributed by atoms with Crippen molar-refractivity contribution in [1.82, 2.24) is 9.88 Å². The number of benzene rings is 1. The van der Waals surface area contributed by atoms with E-state index in [0.717, 1.165) is 12.3 Å². The van der Waals surface area contributed by atoms with Gasteiger partial charge < -0.3 is 19.3 Å². The van der Waals surface area contributed by atoms with Crippen LogP contribution in [0.4, 0.5) is 19.0 Å². The Kier molecular flexibility index (Phi) is 6.07. The van der Waals surface area contributed by atoms with Crippen molar-refractivity contribution in [2.45, 2.75) is 6.18 Å². The highest BCUT2D eigenvalue weighted by Gasteiger charge is 2.32. The Morgan fingerprint density at radius 2 is 1.79 bits per heavy atom. The number of rotatable bonds is 4. The van der Waals surface area contributed by atoms with Gasteiger partial charge in [0.2, 0.25) is 0 Å². The number of amides is 1. The van der Waals surface area contributed by atoms with Crippen LogP contribution in [0.15, 0.2) is 30.5 Å². The van der Waals surface area contributed by atoms with Crippen LogP contribution in [0, 0.1) is 0 Å². The normalized spacial score (nSPS) is 14.7. The van der Waals surface area contributed by atoms with Gasteiger partial charge in [-0.1, -0.05) is 11.6 Å². The molecule has 2 heterocycles. The van der Waals surface area contributed by atoms with E-state index >= 15 is 0 Å². The minimum Gasteiger partial charge on any atom is -0.497 e. The maximum atomic E-state index is 12.9. The highest BCUT2D eigenvalue weighted by atomic mass is 35.5. The first-order chi connectivity index (χ1) is 13.7. The second-order valence-corrected chi connectivity index (χ2v) is 6.78. The number of nitrogens with zero attached hydrogens (tertiary/aromatic N) is 3. The zero-order chi connectivity index (χ0) is 21.2. The molecule has 1 saturated heterocycles. The van der Waals surface area contributed by atoms with Gasteiger partial charge in [-0.05, 0) is 18.2 Å². The average molecular weight is 430 g/mol. The molecule has 0 radical (unpaired) electrons. The third-order valence-electron chi connectivity index (χ3n) is 4.65. The summed E-state index contributed by atoms with van der Waals surface area (Å²) in [7, 11) is 3.00. The molecule has 3 rings (SSSR count). The van der Waals surface area contributed by atoms with Crippen molar-refractivity contribution in [2.24, 2.45) is 0 Å². The number of halogens is 4. The lowest BCUT2D eigenvalue weighted by molar-refractivity contribution is -0.137. The molecule has 1 aromatic carbocycles. The van der Waals surface area contributed by atoms with E-state index in [2.05, 4.69) is 4.98 Å². The van der Waals surface area contributed by atoms with Crippen LogP contribution >= 0.6 is 11.6 Å². The van der Waals surface area contributed by atoms with Crippen LogP contribution in [-0.4, -0.2) is 56.2 Å². The number of carbonyl (C=O) groups is 1. The highest BCUT2D eigenvalue weighted by Crippen LogP contribution is 2.34. The lowest BCUT2D eigenvalue weighted by Gasteiger charge is -2.36. The van der Waals surface area contributed by atoms with Crippen LogP contribution in [0.1, 0.15) is 15.9 Å². The number of ether oxygens (including phenoxy) is 2. The van der Waals surface area contributed by atoms with Crippen LogP contribution in [-0.2, 0) is 6.18 Å². The molecule has 0 aliphatic carbocycles. The molecule has 0 N–H and O–H groups in total. The summed E-state index contributed by atoms with van der Waals surface area (Å²) in [4.78, 5) is 20.2. The van der Waals surface area contributed by atoms with E-state index in [1.165, 1.54) is 14.2 Å². The predicted molar refractivity (Wildman–Crippen MR) is 102 cm³/mol. The Labute approximate surface area is 170 Å². The fraction of sp³-hybridized carbons (Fsp3) is 0.368. The second-order valence-electron chi connectivity index (χ2n) is 6.37. The monoisotopic (exact) mass is 429 g/mol. The third kappa shape index (κ3) is 4.50. The van der Waals surface area contributed by atoms with Crippen LogP contribution in [0.3, 0.4) is 0 Å². The summed E-state index contributed by atoms with van der Waals surface area (Å²) in [6.45, 7) is 1.52. The second kappa shape index (κ2) is 8.36. The number of hydrogen-bond acceptors (Lipinski definition) is 5. The summed E-state index contributed by atoms with van der Waals surface area (Å²) in [5.74, 6) is 1.06. The van der Waals surface area contributed by atoms with Gasteiger partial charge >= 0.3 is 6.18 Å². The molecule has 10 heteroatoms. The first-order valence-electron chi connectivity index (χ1n) is 8.73. The number of aromatic nitrogens is 1. The van der Waals surface area contributed by atoms with Crippen molar-refractivity contribution in [3.63, 3.8) is 0 Å². The fourth-order valence-electron chi connectivity index (χ4n) is 3.09. The van der Waals surface area contributed by atoms with Crippen molar-refractivity contribution in [1.29, 1.82) is 0 Å². The van der Waals surface area contributed by atoms with Gasteiger partial charge in [0.25, 0.3) is 5.91 Å². The summed E-state index contributed by atoms with van der Waals surface area (Å²) in [6, 6.07) is 5.82. The molecule has 0 unspecified atom stereocenters. The molecule has 0 spiro atoms. The third-order valence-corrected chi connectivity index (χ3v) is 4.93. The van der Waals surface area contributed by atoms with Crippen LogP contribution in [0.2, 0.25) is 5.02 Å². The van der Waals surface area contributed by atoms with Crippen molar-refractivity contribution >= 4 is 23.3 Å². The maximum Gasteiger partial charge on any atom is 0.417 e. The van der Waals surface area contributed by atoms with Crippen molar-refractivity contribution in [3.05, 3.63) is 46.6 Å². The number of methoxy groups -OCH3 is 2. The average Bonchev–Trinajstić information content (AvgIpc) is 2.72. The van der Waals surface area contributed by atoms with Gasteiger partial charge in [-0.25, -0.2) is 4.98 Å². The van der Waals surface area contributed by atoms with Gasteiger partial charge in [-0.15, -0.1) is 0 Å². The SMILES string of the molecule is COc1ccc(C(=O)N2CCN(c3ncc(C(F)(F)F)cc3Cl)CC2)c(OC)c1. The van der Waals surface area contributed by atoms with E-state index in [1.54, 1.807) is 28.0 Å². The molecule has 156 valence electrons. The standard InChI is InChI=1S/C19H19ClF3N3O3/c1-28-13-3-4-14(16(10-13)29-2)18(27)26-7-5-25(6-8-26)17-15(20)9-12(11-24-17)19(21,22)23/h3-4,9-11H,5-8H2,1-2H3. The topological polar surface area (TPSA) is 54.9 Å². The lowest BCUT2D eigenvalue weighted by Crippen LogP contribution is -2.49. The van der Waals surface area contributed by atoms with E-state index in [0.29, 0.717) is 43.2 Å². The van der Waals surface area contributed by atoms with Gasteiger partial charge in [-0.2, -0.15) is 13.2 Å². The summed E-state index contributed by atoms with van der Waals surface area (Å²) < 4.78 is 48.8. The van der Waals surface area contributed by atoms with Crippen LogP contribution in [0.25, 0.3) is 0 Å². The molecule has 0 bridgehead atoms.